The van der Waals surface area contributed by atoms with Crippen LogP contribution in [0.4, 0.5) is 4.79 Å². The highest BCUT2D eigenvalue weighted by molar-refractivity contribution is 7.56. The quantitative estimate of drug-likeness (QED) is 0.355. The third-order valence-corrected chi connectivity index (χ3v) is 0.212. The Kier molecular flexibility index (Phi) is 2.60. The molecule has 0 heterocycles. The summed E-state index contributed by atoms with van der Waals surface area (Å²) >= 11 is 3.88. The van der Waals surface area contributed by atoms with Crippen LogP contribution in [0.1, 0.15) is 0 Å². The molecule has 0 aromatic rings. The van der Waals surface area contributed by atoms with Gasteiger partial charge in [0.1, 0.15) is 0 Å². The van der Waals surface area contributed by atoms with E-state index in [0.717, 1.165) is 0 Å². The van der Waals surface area contributed by atoms with Gasteiger partial charge in [0.15, 0.2) is 0 Å². The van der Waals surface area contributed by atoms with E-state index in [9.17, 15) is 4.79 Å². The molecule has 0 saturated heterocycles. The van der Waals surface area contributed by atoms with Gasteiger partial charge in [0, 0.05) is 0 Å². The van der Waals surface area contributed by atoms with Crippen molar-refractivity contribution in [1.29, 1.82) is 0 Å². The fraction of sp³-hybridized carbons (Fsp3) is 0. The van der Waals surface area contributed by atoms with E-state index in [1.165, 1.54) is 0 Å². The molecule has 0 rings (SSSR count). The zero-order valence-electron chi connectivity index (χ0n) is 2.67. The van der Waals surface area contributed by atoms with E-state index < -0.39 is 6.16 Å². The number of carboxylic acid groups (broad SMARTS) is 1. The highest BCUT2D eigenvalue weighted by Gasteiger charge is 1.83. The summed E-state index contributed by atoms with van der Waals surface area (Å²) in [6.45, 7) is 0. The van der Waals surface area contributed by atoms with Gasteiger partial charge in [-0.3, -0.25) is 4.89 Å². The summed E-state index contributed by atoms with van der Waals surface area (Å²) in [4.78, 5) is 14.3. The van der Waals surface area contributed by atoms with Crippen molar-refractivity contribution in [1.82, 2.24) is 4.89 Å². The first-order chi connectivity index (χ1) is 2.77. The van der Waals surface area contributed by atoms with E-state index in [1.807, 2.05) is 0 Å². The van der Waals surface area contributed by atoms with Gasteiger partial charge in [-0.25, -0.2) is 4.79 Å². The van der Waals surface area contributed by atoms with Crippen molar-refractivity contribution in [2.75, 3.05) is 0 Å². The maximum absolute atomic E-state index is 9.25. The van der Waals surface area contributed by atoms with Crippen LogP contribution in [-0.2, 0) is 17.7 Å². The predicted octanol–water partition coefficient (Wildman–Crippen LogP) is -0.352. The van der Waals surface area contributed by atoms with Crippen molar-refractivity contribution in [2.45, 2.75) is 0 Å². The molecule has 4 nitrogen and oxygen atoms in total. The number of carbonyl (C=O) groups is 1. The van der Waals surface area contributed by atoms with Gasteiger partial charge < -0.3 is 22.8 Å². The molecular formula is CH2NO3S-. The van der Waals surface area contributed by atoms with Gasteiger partial charge >= 0.3 is 6.16 Å². The van der Waals surface area contributed by atoms with Crippen LogP contribution in [0.15, 0.2) is 0 Å². The fourth-order valence-electron chi connectivity index (χ4n) is 0.0356. The zero-order chi connectivity index (χ0) is 4.99. The van der Waals surface area contributed by atoms with Gasteiger partial charge in [-0.1, -0.05) is 0 Å². The van der Waals surface area contributed by atoms with E-state index >= 15 is 0 Å². The second-order valence-corrected chi connectivity index (χ2v) is 0.618. The summed E-state index contributed by atoms with van der Waals surface area (Å²) in [6, 6.07) is 0. The molecule has 2 N–H and O–H groups in total. The largest absolute Gasteiger partial charge is 0.661 e. The molecule has 0 fully saturated rings. The lowest BCUT2D eigenvalue weighted by Crippen LogP contribution is -2.10. The Morgan fingerprint density at radius 2 is 2.50 bits per heavy atom. The van der Waals surface area contributed by atoms with Crippen molar-refractivity contribution >= 4 is 19.0 Å². The Morgan fingerprint density at radius 1 is 2.00 bits per heavy atom. The zero-order valence-corrected chi connectivity index (χ0v) is 3.49. The van der Waals surface area contributed by atoms with Gasteiger partial charge in [0.05, 0.1) is 0 Å². The maximum atomic E-state index is 9.25. The predicted molar refractivity (Wildman–Crippen MR) is 19.6 cm³/mol. The van der Waals surface area contributed by atoms with Gasteiger partial charge in [0.2, 0.25) is 0 Å². The monoisotopic (exact) mass is 108 g/mol. The summed E-state index contributed by atoms with van der Waals surface area (Å²) in [7, 11) is 0. The normalized spacial score (nSPS) is 7.50. The number of rotatable bonds is 1. The van der Waals surface area contributed by atoms with Gasteiger partial charge in [-0.05, 0) is 0 Å². The molecule has 0 aliphatic carbocycles. The fourth-order valence-corrected chi connectivity index (χ4v) is 0.107. The van der Waals surface area contributed by atoms with E-state index in [-0.39, 0.29) is 0 Å². The van der Waals surface area contributed by atoms with Crippen molar-refractivity contribution in [3.63, 3.8) is 0 Å². The van der Waals surface area contributed by atoms with Crippen LogP contribution in [-0.4, -0.2) is 11.3 Å². The SMILES string of the molecule is O=C(O)ON[S-]. The minimum Gasteiger partial charge on any atom is -0.661 e. The minimum atomic E-state index is -1.43. The maximum Gasteiger partial charge on any atom is 0.523 e. The molecule has 0 aliphatic rings. The molecule has 0 unspecified atom stereocenters. The molecule has 0 amide bonds. The van der Waals surface area contributed by atoms with Gasteiger partial charge in [0.25, 0.3) is 0 Å². The lowest BCUT2D eigenvalue weighted by molar-refractivity contribution is 0.0766. The van der Waals surface area contributed by atoms with E-state index in [1.54, 1.807) is 4.89 Å². The molecule has 0 radical (unpaired) electrons. The Bertz CT molecular complexity index is 54.8. The first kappa shape index (κ1) is 5.58. The Balaban J connectivity index is 2.83. The van der Waals surface area contributed by atoms with Gasteiger partial charge in [-0.15, -0.1) is 0 Å². The summed E-state index contributed by atoms with van der Waals surface area (Å²) in [5.41, 5.74) is 0. The lowest BCUT2D eigenvalue weighted by Gasteiger charge is -2.01. The molecule has 0 aromatic carbocycles. The van der Waals surface area contributed by atoms with Crippen LogP contribution >= 0.6 is 0 Å². The summed E-state index contributed by atoms with van der Waals surface area (Å²) in [5.74, 6) is 0. The van der Waals surface area contributed by atoms with Gasteiger partial charge in [-0.2, -0.15) is 0 Å². The molecule has 0 atom stereocenters. The van der Waals surface area contributed by atoms with Crippen LogP contribution < -0.4 is 4.89 Å². The topological polar surface area (TPSA) is 58.6 Å². The highest BCUT2D eigenvalue weighted by Crippen LogP contribution is 1.61. The molecule has 5 heteroatoms. The van der Waals surface area contributed by atoms with Crippen molar-refractivity contribution in [3.05, 3.63) is 0 Å². The van der Waals surface area contributed by atoms with Crippen LogP contribution in [0.5, 0.6) is 0 Å². The number of nitrogens with one attached hydrogen (secondary N) is 1. The summed E-state index contributed by atoms with van der Waals surface area (Å²) in [5, 5.41) is 7.56. The third-order valence-electron chi connectivity index (χ3n) is 0.129. The van der Waals surface area contributed by atoms with Crippen LogP contribution in [0.3, 0.4) is 0 Å². The molecular weight excluding hydrogens is 106 g/mol. The minimum absolute atomic E-state index is 1.43. The molecule has 6 heavy (non-hydrogen) atoms. The second-order valence-electron chi connectivity index (χ2n) is 0.451. The average Bonchev–Trinajstić information content (AvgIpc) is 1.35. The van der Waals surface area contributed by atoms with Crippen LogP contribution in [0, 0.1) is 0 Å². The van der Waals surface area contributed by atoms with Crippen LogP contribution in [0.2, 0.25) is 0 Å². The Hall–Kier alpha value is -0.420. The molecule has 0 spiro atoms. The first-order valence-electron chi connectivity index (χ1n) is 1.04. The smallest absolute Gasteiger partial charge is 0.523 e. The third kappa shape index (κ3) is 3.58. The van der Waals surface area contributed by atoms with Crippen molar-refractivity contribution in [2.24, 2.45) is 0 Å². The number of hydrogen-bond donors (Lipinski definition) is 2. The Labute approximate surface area is 39.6 Å². The highest BCUT2D eigenvalue weighted by atomic mass is 32.1. The summed E-state index contributed by atoms with van der Waals surface area (Å²) < 4.78 is 0. The van der Waals surface area contributed by atoms with Crippen LogP contribution in [0.25, 0.3) is 0 Å². The molecule has 0 bridgehead atoms. The standard InChI is InChI=1S/CH2NO3S/c3-1(4)5-2-6/h2H,(H,3,4)/q-1. The number of hydrogen-bond acceptors (Lipinski definition) is 4. The summed E-state index contributed by atoms with van der Waals surface area (Å²) in [6.07, 6.45) is -1.43. The first-order valence-corrected chi connectivity index (χ1v) is 1.45. The van der Waals surface area contributed by atoms with E-state index in [4.69, 9.17) is 5.11 Å². The van der Waals surface area contributed by atoms with Crippen molar-refractivity contribution < 1.29 is 14.7 Å². The van der Waals surface area contributed by atoms with Crippen molar-refractivity contribution in [3.8, 4) is 0 Å². The lowest BCUT2D eigenvalue weighted by atomic mass is 11.4. The average molecular weight is 108 g/mol. The molecule has 0 aliphatic heterocycles. The Morgan fingerprint density at radius 3 is 2.50 bits per heavy atom. The molecule has 0 aromatic heterocycles. The van der Waals surface area contributed by atoms with E-state index in [2.05, 4.69) is 17.7 Å². The molecule has 0 saturated carbocycles. The molecule has 36 valence electrons. The van der Waals surface area contributed by atoms with E-state index in [0.29, 0.717) is 0 Å². The second kappa shape index (κ2) is 2.80.